The Balaban J connectivity index is 2.15. The zero-order valence-electron chi connectivity index (χ0n) is 11.9. The van der Waals surface area contributed by atoms with Gasteiger partial charge in [-0.15, -0.1) is 11.3 Å². The van der Waals surface area contributed by atoms with Crippen LogP contribution in [0, 0.1) is 25.7 Å². The maximum atomic E-state index is 12.3. The van der Waals surface area contributed by atoms with Crippen molar-refractivity contribution in [1.29, 1.82) is 0 Å². The summed E-state index contributed by atoms with van der Waals surface area (Å²) in [6, 6.07) is 5.48. The van der Waals surface area contributed by atoms with E-state index in [0.29, 0.717) is 17.7 Å². The standard InChI is InChI=1S/C16H16N2O2S/c1-11-5-6-13(4-3-7-19)15(8-11)16(20)17-9-14-10-21-12(2)18-14/h5-6,8,10,19H,7,9H2,1-2H3,(H,17,20). The minimum absolute atomic E-state index is 0.188. The fraction of sp³-hybridized carbons (Fsp3) is 0.250. The Kier molecular flexibility index (Phi) is 5.09. The van der Waals surface area contributed by atoms with Crippen molar-refractivity contribution in [2.75, 3.05) is 6.61 Å². The van der Waals surface area contributed by atoms with Gasteiger partial charge < -0.3 is 10.4 Å². The predicted octanol–water partition coefficient (Wildman–Crippen LogP) is 2.03. The van der Waals surface area contributed by atoms with Crippen LogP contribution in [0.2, 0.25) is 0 Å². The summed E-state index contributed by atoms with van der Waals surface area (Å²) in [6.07, 6.45) is 0. The van der Waals surface area contributed by atoms with Gasteiger partial charge in [-0.1, -0.05) is 23.5 Å². The van der Waals surface area contributed by atoms with Crippen molar-refractivity contribution >= 4 is 17.2 Å². The Labute approximate surface area is 127 Å². The summed E-state index contributed by atoms with van der Waals surface area (Å²) < 4.78 is 0. The highest BCUT2D eigenvalue weighted by molar-refractivity contribution is 7.09. The Morgan fingerprint density at radius 1 is 1.43 bits per heavy atom. The third-order valence-corrected chi connectivity index (χ3v) is 3.64. The molecule has 5 heteroatoms. The molecule has 0 aliphatic rings. The van der Waals surface area contributed by atoms with Crippen LogP contribution in [-0.2, 0) is 6.54 Å². The second-order valence-electron chi connectivity index (χ2n) is 4.55. The topological polar surface area (TPSA) is 62.2 Å². The summed E-state index contributed by atoms with van der Waals surface area (Å²) in [4.78, 5) is 16.6. The lowest BCUT2D eigenvalue weighted by Crippen LogP contribution is -2.24. The van der Waals surface area contributed by atoms with Crippen molar-refractivity contribution in [2.45, 2.75) is 20.4 Å². The lowest BCUT2D eigenvalue weighted by molar-refractivity contribution is 0.0950. The first-order chi connectivity index (χ1) is 10.1. The van der Waals surface area contributed by atoms with Crippen LogP contribution in [0.5, 0.6) is 0 Å². The van der Waals surface area contributed by atoms with Gasteiger partial charge in [0.05, 0.1) is 22.8 Å². The third kappa shape index (κ3) is 4.15. The van der Waals surface area contributed by atoms with E-state index >= 15 is 0 Å². The number of aromatic nitrogens is 1. The van der Waals surface area contributed by atoms with Crippen LogP contribution in [-0.4, -0.2) is 22.6 Å². The number of aliphatic hydroxyl groups is 1. The number of thiazole rings is 1. The van der Waals surface area contributed by atoms with Gasteiger partial charge in [0.25, 0.3) is 5.91 Å². The van der Waals surface area contributed by atoms with E-state index in [0.717, 1.165) is 16.3 Å². The van der Waals surface area contributed by atoms with Crippen LogP contribution >= 0.6 is 11.3 Å². The molecule has 0 aliphatic carbocycles. The summed E-state index contributed by atoms with van der Waals surface area (Å²) in [7, 11) is 0. The SMILES string of the molecule is Cc1ccc(C#CCO)c(C(=O)NCc2csc(C)n2)c1. The van der Waals surface area contributed by atoms with Gasteiger partial charge in [-0.3, -0.25) is 4.79 Å². The van der Waals surface area contributed by atoms with Crippen LogP contribution in [0.1, 0.15) is 32.2 Å². The van der Waals surface area contributed by atoms with Gasteiger partial charge in [0.2, 0.25) is 0 Å². The molecule has 1 aromatic heterocycles. The zero-order chi connectivity index (χ0) is 15.2. The molecule has 0 atom stereocenters. The number of aryl methyl sites for hydroxylation is 2. The molecule has 2 rings (SSSR count). The normalized spacial score (nSPS) is 9.86. The van der Waals surface area contributed by atoms with Crippen LogP contribution in [0.4, 0.5) is 0 Å². The van der Waals surface area contributed by atoms with Gasteiger partial charge >= 0.3 is 0 Å². The Morgan fingerprint density at radius 3 is 2.90 bits per heavy atom. The number of benzene rings is 1. The summed E-state index contributed by atoms with van der Waals surface area (Å²) in [5.41, 5.74) is 2.96. The van der Waals surface area contributed by atoms with Crippen molar-refractivity contribution in [3.05, 3.63) is 51.0 Å². The number of rotatable bonds is 3. The van der Waals surface area contributed by atoms with E-state index in [2.05, 4.69) is 22.1 Å². The molecule has 21 heavy (non-hydrogen) atoms. The molecular weight excluding hydrogens is 284 g/mol. The number of amides is 1. The molecule has 1 amide bonds. The molecule has 0 saturated heterocycles. The number of hydrogen-bond acceptors (Lipinski definition) is 4. The molecule has 1 aromatic carbocycles. The smallest absolute Gasteiger partial charge is 0.252 e. The van der Waals surface area contributed by atoms with Crippen molar-refractivity contribution in [3.8, 4) is 11.8 Å². The predicted molar refractivity (Wildman–Crippen MR) is 83.2 cm³/mol. The van der Waals surface area contributed by atoms with Gasteiger partial charge in [-0.2, -0.15) is 0 Å². The minimum atomic E-state index is -0.229. The first-order valence-electron chi connectivity index (χ1n) is 6.49. The number of carbonyl (C=O) groups is 1. The van der Waals surface area contributed by atoms with E-state index in [1.54, 1.807) is 23.5 Å². The molecule has 0 radical (unpaired) electrons. The first-order valence-corrected chi connectivity index (χ1v) is 7.37. The first kappa shape index (κ1) is 15.2. The van der Waals surface area contributed by atoms with Crippen molar-refractivity contribution < 1.29 is 9.90 Å². The molecule has 0 bridgehead atoms. The second-order valence-corrected chi connectivity index (χ2v) is 5.61. The lowest BCUT2D eigenvalue weighted by atomic mass is 10.0. The largest absolute Gasteiger partial charge is 0.384 e. The zero-order valence-corrected chi connectivity index (χ0v) is 12.8. The van der Waals surface area contributed by atoms with Crippen LogP contribution < -0.4 is 5.32 Å². The molecule has 0 spiro atoms. The fourth-order valence-electron chi connectivity index (χ4n) is 1.85. The van der Waals surface area contributed by atoms with Gasteiger partial charge in [-0.25, -0.2) is 4.98 Å². The van der Waals surface area contributed by atoms with E-state index in [1.165, 1.54) is 0 Å². The average Bonchev–Trinajstić information content (AvgIpc) is 2.89. The van der Waals surface area contributed by atoms with E-state index in [1.807, 2.05) is 25.3 Å². The molecule has 0 unspecified atom stereocenters. The van der Waals surface area contributed by atoms with Gasteiger partial charge in [0.15, 0.2) is 0 Å². The number of aliphatic hydroxyl groups excluding tert-OH is 1. The molecule has 0 fully saturated rings. The number of nitrogens with zero attached hydrogens (tertiary/aromatic N) is 1. The molecule has 1 heterocycles. The molecule has 2 aromatic rings. The highest BCUT2D eigenvalue weighted by atomic mass is 32.1. The molecule has 0 saturated carbocycles. The highest BCUT2D eigenvalue weighted by Gasteiger charge is 2.11. The van der Waals surface area contributed by atoms with Crippen molar-refractivity contribution in [1.82, 2.24) is 10.3 Å². The van der Waals surface area contributed by atoms with Crippen LogP contribution in [0.15, 0.2) is 23.6 Å². The van der Waals surface area contributed by atoms with Crippen molar-refractivity contribution in [2.24, 2.45) is 0 Å². The molecule has 2 N–H and O–H groups in total. The maximum absolute atomic E-state index is 12.3. The Morgan fingerprint density at radius 2 is 2.24 bits per heavy atom. The Bertz CT molecular complexity index is 711. The summed E-state index contributed by atoms with van der Waals surface area (Å²) in [5.74, 6) is 5.18. The average molecular weight is 300 g/mol. The summed E-state index contributed by atoms with van der Waals surface area (Å²) in [5, 5.41) is 14.5. The summed E-state index contributed by atoms with van der Waals surface area (Å²) >= 11 is 1.56. The van der Waals surface area contributed by atoms with Crippen LogP contribution in [0.3, 0.4) is 0 Å². The maximum Gasteiger partial charge on any atom is 0.252 e. The van der Waals surface area contributed by atoms with Gasteiger partial charge in [0.1, 0.15) is 6.61 Å². The second kappa shape index (κ2) is 7.02. The quantitative estimate of drug-likeness (QED) is 0.853. The number of nitrogens with one attached hydrogen (secondary N) is 1. The number of hydrogen-bond donors (Lipinski definition) is 2. The third-order valence-electron chi connectivity index (χ3n) is 2.82. The number of carbonyl (C=O) groups excluding carboxylic acids is 1. The van der Waals surface area contributed by atoms with E-state index in [-0.39, 0.29) is 12.5 Å². The lowest BCUT2D eigenvalue weighted by Gasteiger charge is -2.07. The molecule has 0 aliphatic heterocycles. The van der Waals surface area contributed by atoms with Gasteiger partial charge in [-0.05, 0) is 26.0 Å². The van der Waals surface area contributed by atoms with Crippen LogP contribution in [0.25, 0.3) is 0 Å². The minimum Gasteiger partial charge on any atom is -0.384 e. The highest BCUT2D eigenvalue weighted by Crippen LogP contribution is 2.12. The van der Waals surface area contributed by atoms with Gasteiger partial charge in [0, 0.05) is 10.9 Å². The van der Waals surface area contributed by atoms with E-state index in [4.69, 9.17) is 5.11 Å². The molecule has 4 nitrogen and oxygen atoms in total. The molecule has 108 valence electrons. The summed E-state index contributed by atoms with van der Waals surface area (Å²) in [6.45, 7) is 4.01. The van der Waals surface area contributed by atoms with E-state index in [9.17, 15) is 4.79 Å². The monoisotopic (exact) mass is 300 g/mol. The Hall–Kier alpha value is -2.16. The molecular formula is C16H16N2O2S. The van der Waals surface area contributed by atoms with E-state index < -0.39 is 0 Å². The fourth-order valence-corrected chi connectivity index (χ4v) is 2.46. The van der Waals surface area contributed by atoms with Crippen molar-refractivity contribution in [3.63, 3.8) is 0 Å².